The molecule has 0 saturated heterocycles. The molecule has 2 N–H and O–H groups in total. The third-order valence-corrected chi connectivity index (χ3v) is 2.46. The van der Waals surface area contributed by atoms with Gasteiger partial charge in [0.2, 0.25) is 0 Å². The third-order valence-electron chi connectivity index (χ3n) is 2.46. The minimum atomic E-state index is 0.437. The lowest BCUT2D eigenvalue weighted by molar-refractivity contribution is 0.634. The molecule has 68 valence electrons. The minimum absolute atomic E-state index is 0.437. The number of allylic oxidation sites excluding steroid dienone is 3. The van der Waals surface area contributed by atoms with Crippen molar-refractivity contribution in [2.75, 3.05) is 6.54 Å². The third kappa shape index (κ3) is 1.54. The molecule has 0 saturated carbocycles. The van der Waals surface area contributed by atoms with Gasteiger partial charge in [-0.15, -0.1) is 0 Å². The average Bonchev–Trinajstić information content (AvgIpc) is 2.28. The van der Waals surface area contributed by atoms with E-state index >= 15 is 0 Å². The van der Waals surface area contributed by atoms with Crippen LogP contribution in [-0.4, -0.2) is 18.7 Å². The van der Waals surface area contributed by atoms with E-state index in [-0.39, 0.29) is 0 Å². The molecule has 3 heteroatoms. The number of amidine groups is 1. The molecule has 0 aromatic carbocycles. The lowest BCUT2D eigenvalue weighted by atomic mass is 9.87. The molecule has 0 bridgehead atoms. The summed E-state index contributed by atoms with van der Waals surface area (Å²) in [6.07, 6.45) is 6.79. The van der Waals surface area contributed by atoms with Gasteiger partial charge in [-0.1, -0.05) is 17.7 Å². The van der Waals surface area contributed by atoms with Crippen molar-refractivity contribution in [3.05, 3.63) is 23.3 Å². The van der Waals surface area contributed by atoms with Gasteiger partial charge in [0, 0.05) is 12.5 Å². The van der Waals surface area contributed by atoms with Gasteiger partial charge in [-0.3, -0.25) is 4.99 Å². The number of fused-ring (bicyclic) bond motifs is 1. The number of nitrogens with two attached hydrogens (primary N) is 1. The van der Waals surface area contributed by atoms with Crippen LogP contribution in [0.5, 0.6) is 0 Å². The van der Waals surface area contributed by atoms with E-state index in [9.17, 15) is 0 Å². The first kappa shape index (κ1) is 8.23. The Morgan fingerprint density at radius 3 is 3.15 bits per heavy atom. The molecule has 0 fully saturated rings. The van der Waals surface area contributed by atoms with E-state index < -0.39 is 0 Å². The number of nitrogens with zero attached hydrogens (tertiary/aromatic N) is 2. The molecule has 0 aromatic rings. The highest BCUT2D eigenvalue weighted by molar-refractivity contribution is 6.02. The highest BCUT2D eigenvalue weighted by Gasteiger charge is 2.20. The summed E-state index contributed by atoms with van der Waals surface area (Å²) in [5, 5.41) is 0. The largest absolute Gasteiger partial charge is 0.383 e. The molecule has 0 aromatic heterocycles. The average molecular weight is 175 g/mol. The Morgan fingerprint density at radius 1 is 1.46 bits per heavy atom. The molecule has 0 radical (unpaired) electrons. The van der Waals surface area contributed by atoms with Crippen molar-refractivity contribution in [1.29, 1.82) is 0 Å². The van der Waals surface area contributed by atoms with Crippen LogP contribution in [0.25, 0.3) is 0 Å². The van der Waals surface area contributed by atoms with Crippen molar-refractivity contribution in [3.8, 4) is 0 Å². The molecular weight excluding hydrogens is 162 g/mol. The molecule has 1 aliphatic heterocycles. The zero-order valence-corrected chi connectivity index (χ0v) is 7.70. The fourth-order valence-corrected chi connectivity index (χ4v) is 1.74. The second kappa shape index (κ2) is 3.17. The standard InChI is InChI=1S/C10H13N3/c1-7-2-3-9-8(4-7)5-12-6-13-10(9)11/h2-3,6,8H,4-5H2,1H3,(H2,11,12,13). The van der Waals surface area contributed by atoms with Crippen LogP contribution in [0, 0.1) is 5.92 Å². The number of rotatable bonds is 0. The van der Waals surface area contributed by atoms with Crippen LogP contribution in [-0.2, 0) is 0 Å². The summed E-state index contributed by atoms with van der Waals surface area (Å²) < 4.78 is 0. The van der Waals surface area contributed by atoms with Gasteiger partial charge < -0.3 is 5.73 Å². The van der Waals surface area contributed by atoms with Gasteiger partial charge in [0.25, 0.3) is 0 Å². The van der Waals surface area contributed by atoms with E-state index in [1.165, 1.54) is 5.57 Å². The summed E-state index contributed by atoms with van der Waals surface area (Å²) in [6.45, 7) is 2.94. The lowest BCUT2D eigenvalue weighted by Gasteiger charge is -2.20. The van der Waals surface area contributed by atoms with E-state index in [0.717, 1.165) is 18.5 Å². The topological polar surface area (TPSA) is 50.7 Å². The summed E-state index contributed by atoms with van der Waals surface area (Å²) in [5.74, 6) is 1.06. The Balaban J connectivity index is 2.36. The van der Waals surface area contributed by atoms with Gasteiger partial charge in [0.1, 0.15) is 12.2 Å². The molecule has 3 nitrogen and oxygen atoms in total. The predicted molar refractivity (Wildman–Crippen MR) is 54.9 cm³/mol. The number of hydrogen-bond acceptors (Lipinski definition) is 3. The monoisotopic (exact) mass is 175 g/mol. The second-order valence-corrected chi connectivity index (χ2v) is 3.53. The molecular formula is C10H13N3. The molecule has 1 heterocycles. The first-order valence-corrected chi connectivity index (χ1v) is 4.46. The SMILES string of the molecule is CC1=CC=C2C(N)=NC=NCC2C1. The van der Waals surface area contributed by atoms with Gasteiger partial charge in [-0.05, 0) is 18.9 Å². The summed E-state index contributed by atoms with van der Waals surface area (Å²) in [4.78, 5) is 8.22. The zero-order valence-electron chi connectivity index (χ0n) is 7.70. The van der Waals surface area contributed by atoms with Crippen LogP contribution in [0.2, 0.25) is 0 Å². The molecule has 0 amide bonds. The molecule has 2 aliphatic rings. The van der Waals surface area contributed by atoms with Crippen molar-refractivity contribution in [2.45, 2.75) is 13.3 Å². The quantitative estimate of drug-likeness (QED) is 0.592. The maximum absolute atomic E-state index is 5.80. The van der Waals surface area contributed by atoms with Crippen LogP contribution in [0.15, 0.2) is 33.3 Å². The van der Waals surface area contributed by atoms with Crippen molar-refractivity contribution in [2.24, 2.45) is 21.6 Å². The second-order valence-electron chi connectivity index (χ2n) is 3.53. The first-order valence-electron chi connectivity index (χ1n) is 4.46. The van der Waals surface area contributed by atoms with Gasteiger partial charge in [-0.25, -0.2) is 4.99 Å². The Morgan fingerprint density at radius 2 is 2.31 bits per heavy atom. The maximum atomic E-state index is 5.80. The van der Waals surface area contributed by atoms with Crippen LogP contribution < -0.4 is 5.73 Å². The number of aliphatic imine (C=N–C) groups is 2. The van der Waals surface area contributed by atoms with Crippen molar-refractivity contribution in [3.63, 3.8) is 0 Å². The smallest absolute Gasteiger partial charge is 0.128 e. The van der Waals surface area contributed by atoms with Gasteiger partial charge >= 0.3 is 0 Å². The summed E-state index contributed by atoms with van der Waals surface area (Å²) >= 11 is 0. The molecule has 1 aliphatic carbocycles. The Bertz CT molecular complexity index is 334. The zero-order chi connectivity index (χ0) is 9.26. The molecule has 1 atom stereocenters. The van der Waals surface area contributed by atoms with Gasteiger partial charge in [0.15, 0.2) is 0 Å². The van der Waals surface area contributed by atoms with E-state index in [0.29, 0.717) is 11.8 Å². The normalized spacial score (nSPS) is 26.8. The van der Waals surface area contributed by atoms with Gasteiger partial charge in [-0.2, -0.15) is 0 Å². The first-order chi connectivity index (χ1) is 6.27. The molecule has 1 unspecified atom stereocenters. The van der Waals surface area contributed by atoms with Gasteiger partial charge in [0.05, 0.1) is 0 Å². The predicted octanol–water partition coefficient (Wildman–Crippen LogP) is 1.28. The molecule has 0 spiro atoms. The fraction of sp³-hybridized carbons (Fsp3) is 0.400. The summed E-state index contributed by atoms with van der Waals surface area (Å²) in [6, 6.07) is 0. The summed E-state index contributed by atoms with van der Waals surface area (Å²) in [7, 11) is 0. The van der Waals surface area contributed by atoms with Crippen molar-refractivity contribution < 1.29 is 0 Å². The van der Waals surface area contributed by atoms with Crippen LogP contribution in [0.4, 0.5) is 0 Å². The molecule has 13 heavy (non-hydrogen) atoms. The highest BCUT2D eigenvalue weighted by atomic mass is 14.9. The Hall–Kier alpha value is -1.38. The Labute approximate surface area is 77.8 Å². The summed E-state index contributed by atoms with van der Waals surface area (Å²) in [5.41, 5.74) is 8.33. The minimum Gasteiger partial charge on any atom is -0.383 e. The van der Waals surface area contributed by atoms with Crippen molar-refractivity contribution >= 4 is 12.2 Å². The molecule has 2 rings (SSSR count). The van der Waals surface area contributed by atoms with E-state index in [1.807, 2.05) is 0 Å². The van der Waals surface area contributed by atoms with Crippen LogP contribution in [0.3, 0.4) is 0 Å². The lowest BCUT2D eigenvalue weighted by Crippen LogP contribution is -2.23. The maximum Gasteiger partial charge on any atom is 0.128 e. The van der Waals surface area contributed by atoms with Crippen LogP contribution in [0.1, 0.15) is 13.3 Å². The van der Waals surface area contributed by atoms with E-state index in [4.69, 9.17) is 5.73 Å². The van der Waals surface area contributed by atoms with E-state index in [2.05, 4.69) is 29.1 Å². The van der Waals surface area contributed by atoms with E-state index in [1.54, 1.807) is 6.34 Å². The number of hydrogen-bond donors (Lipinski definition) is 1. The Kier molecular flexibility index (Phi) is 2.00. The van der Waals surface area contributed by atoms with Crippen molar-refractivity contribution in [1.82, 2.24) is 0 Å². The van der Waals surface area contributed by atoms with Crippen LogP contribution >= 0.6 is 0 Å². The highest BCUT2D eigenvalue weighted by Crippen LogP contribution is 2.26. The fourth-order valence-electron chi connectivity index (χ4n) is 1.74.